The lowest BCUT2D eigenvalue weighted by atomic mass is 9.77. The van der Waals surface area contributed by atoms with Gasteiger partial charge in [0.1, 0.15) is 0 Å². The summed E-state index contributed by atoms with van der Waals surface area (Å²) in [5.41, 5.74) is 0. The molecule has 0 bridgehead atoms. The molecule has 1 N–H and O–H groups in total. The number of carboxylic acid groups (broad SMARTS) is 1. The zero-order valence-corrected chi connectivity index (χ0v) is 10.1. The fourth-order valence-corrected chi connectivity index (χ4v) is 2.71. The first-order chi connectivity index (χ1) is 7.06. The predicted molar refractivity (Wildman–Crippen MR) is 60.8 cm³/mol. The van der Waals surface area contributed by atoms with Crippen molar-refractivity contribution >= 4 is 5.97 Å². The summed E-state index contributed by atoms with van der Waals surface area (Å²) in [5.74, 6) is 0.645. The maximum Gasteiger partial charge on any atom is 0.317 e. The highest BCUT2D eigenvalue weighted by molar-refractivity contribution is 5.69. The van der Waals surface area contributed by atoms with E-state index in [1.807, 2.05) is 0 Å². The zero-order chi connectivity index (χ0) is 11.4. The molecule has 3 atom stereocenters. The quantitative estimate of drug-likeness (QED) is 0.778. The Balaban J connectivity index is 2.61. The number of likely N-dealkylation sites (N-methyl/N-ethyl adjacent to an activating group) is 1. The SMILES string of the molecule is CCN(CC(=O)O)C1CCCC(C)C1C. The molecule has 3 heteroatoms. The van der Waals surface area contributed by atoms with Gasteiger partial charge in [0.05, 0.1) is 6.54 Å². The van der Waals surface area contributed by atoms with Crippen LogP contribution in [0.3, 0.4) is 0 Å². The van der Waals surface area contributed by atoms with Crippen LogP contribution in [0.1, 0.15) is 40.0 Å². The van der Waals surface area contributed by atoms with Crippen molar-refractivity contribution in [3.63, 3.8) is 0 Å². The topological polar surface area (TPSA) is 40.5 Å². The summed E-state index contributed by atoms with van der Waals surface area (Å²) in [6.07, 6.45) is 3.70. The largest absolute Gasteiger partial charge is 0.480 e. The molecule has 0 aromatic carbocycles. The normalized spacial score (nSPS) is 31.9. The van der Waals surface area contributed by atoms with Crippen molar-refractivity contribution in [2.24, 2.45) is 11.8 Å². The van der Waals surface area contributed by atoms with Crippen molar-refractivity contribution in [2.45, 2.75) is 46.1 Å². The summed E-state index contributed by atoms with van der Waals surface area (Å²) >= 11 is 0. The van der Waals surface area contributed by atoms with Gasteiger partial charge < -0.3 is 5.11 Å². The maximum atomic E-state index is 10.8. The standard InChI is InChI=1S/C12H23NO2/c1-4-13(8-12(14)15)11-7-5-6-9(2)10(11)3/h9-11H,4-8H2,1-3H3,(H,14,15). The van der Waals surface area contributed by atoms with Gasteiger partial charge in [0.2, 0.25) is 0 Å². The number of nitrogens with zero attached hydrogens (tertiary/aromatic N) is 1. The van der Waals surface area contributed by atoms with Gasteiger partial charge in [-0.2, -0.15) is 0 Å². The fourth-order valence-electron chi connectivity index (χ4n) is 2.71. The number of rotatable bonds is 4. The van der Waals surface area contributed by atoms with E-state index in [0.717, 1.165) is 18.9 Å². The first kappa shape index (κ1) is 12.5. The molecule has 15 heavy (non-hydrogen) atoms. The molecule has 0 aliphatic heterocycles. The van der Waals surface area contributed by atoms with E-state index in [-0.39, 0.29) is 6.54 Å². The van der Waals surface area contributed by atoms with Crippen molar-refractivity contribution in [3.05, 3.63) is 0 Å². The van der Waals surface area contributed by atoms with E-state index in [0.29, 0.717) is 12.0 Å². The highest BCUT2D eigenvalue weighted by atomic mass is 16.4. The predicted octanol–water partition coefficient (Wildman–Crippen LogP) is 2.22. The number of carbonyl (C=O) groups is 1. The summed E-state index contributed by atoms with van der Waals surface area (Å²) in [6, 6.07) is 0.467. The first-order valence-electron chi connectivity index (χ1n) is 6.02. The highest BCUT2D eigenvalue weighted by Crippen LogP contribution is 2.32. The van der Waals surface area contributed by atoms with E-state index in [1.165, 1.54) is 12.8 Å². The van der Waals surface area contributed by atoms with Crippen molar-refractivity contribution < 1.29 is 9.90 Å². The maximum absolute atomic E-state index is 10.8. The summed E-state index contributed by atoms with van der Waals surface area (Å²) in [5, 5.41) is 8.86. The summed E-state index contributed by atoms with van der Waals surface area (Å²) in [4.78, 5) is 12.9. The van der Waals surface area contributed by atoms with E-state index < -0.39 is 5.97 Å². The summed E-state index contributed by atoms with van der Waals surface area (Å²) in [7, 11) is 0. The summed E-state index contributed by atoms with van der Waals surface area (Å²) < 4.78 is 0. The van der Waals surface area contributed by atoms with Crippen LogP contribution in [0.25, 0.3) is 0 Å². The Hall–Kier alpha value is -0.570. The van der Waals surface area contributed by atoms with Gasteiger partial charge in [-0.25, -0.2) is 0 Å². The Morgan fingerprint density at radius 3 is 2.60 bits per heavy atom. The van der Waals surface area contributed by atoms with Crippen LogP contribution in [0.15, 0.2) is 0 Å². The molecule has 3 nitrogen and oxygen atoms in total. The van der Waals surface area contributed by atoms with Crippen LogP contribution in [-0.4, -0.2) is 35.1 Å². The van der Waals surface area contributed by atoms with E-state index in [2.05, 4.69) is 25.7 Å². The van der Waals surface area contributed by atoms with Crippen molar-refractivity contribution in [3.8, 4) is 0 Å². The van der Waals surface area contributed by atoms with Gasteiger partial charge in [0.15, 0.2) is 0 Å². The second-order valence-electron chi connectivity index (χ2n) is 4.79. The monoisotopic (exact) mass is 213 g/mol. The third-order valence-corrected chi connectivity index (χ3v) is 3.88. The number of carboxylic acids is 1. The molecular formula is C12H23NO2. The van der Waals surface area contributed by atoms with Crippen LogP contribution >= 0.6 is 0 Å². The summed E-state index contributed by atoms with van der Waals surface area (Å²) in [6.45, 7) is 7.63. The van der Waals surface area contributed by atoms with Crippen molar-refractivity contribution in [1.82, 2.24) is 4.90 Å². The molecule has 0 aromatic rings. The average Bonchev–Trinajstić information content (AvgIpc) is 2.19. The number of hydrogen-bond acceptors (Lipinski definition) is 2. The van der Waals surface area contributed by atoms with Gasteiger partial charge in [-0.1, -0.05) is 33.6 Å². The molecule has 1 aliphatic rings. The smallest absolute Gasteiger partial charge is 0.317 e. The second-order valence-corrected chi connectivity index (χ2v) is 4.79. The number of aliphatic carboxylic acids is 1. The van der Waals surface area contributed by atoms with Gasteiger partial charge >= 0.3 is 5.97 Å². The van der Waals surface area contributed by atoms with E-state index in [1.54, 1.807) is 0 Å². The van der Waals surface area contributed by atoms with Crippen LogP contribution in [0.2, 0.25) is 0 Å². The van der Waals surface area contributed by atoms with Crippen LogP contribution in [0, 0.1) is 11.8 Å². The van der Waals surface area contributed by atoms with Crippen LogP contribution < -0.4 is 0 Å². The van der Waals surface area contributed by atoms with Gasteiger partial charge in [0.25, 0.3) is 0 Å². The molecule has 1 saturated carbocycles. The van der Waals surface area contributed by atoms with Gasteiger partial charge in [-0.05, 0) is 24.8 Å². The minimum atomic E-state index is -0.706. The Bertz CT molecular complexity index is 218. The average molecular weight is 213 g/mol. The van der Waals surface area contributed by atoms with Crippen LogP contribution in [-0.2, 0) is 4.79 Å². The third-order valence-electron chi connectivity index (χ3n) is 3.88. The molecule has 88 valence electrons. The molecular weight excluding hydrogens is 190 g/mol. The second kappa shape index (κ2) is 5.50. The molecule has 0 amide bonds. The van der Waals surface area contributed by atoms with E-state index in [4.69, 9.17) is 5.11 Å². The van der Waals surface area contributed by atoms with Crippen molar-refractivity contribution in [1.29, 1.82) is 0 Å². The lowest BCUT2D eigenvalue weighted by Gasteiger charge is -2.40. The molecule has 0 aromatic heterocycles. The van der Waals surface area contributed by atoms with Gasteiger partial charge in [-0.15, -0.1) is 0 Å². The Morgan fingerprint density at radius 1 is 1.40 bits per heavy atom. The highest BCUT2D eigenvalue weighted by Gasteiger charge is 2.31. The van der Waals surface area contributed by atoms with Crippen LogP contribution in [0.4, 0.5) is 0 Å². The zero-order valence-electron chi connectivity index (χ0n) is 10.1. The Morgan fingerprint density at radius 2 is 2.07 bits per heavy atom. The molecule has 0 spiro atoms. The van der Waals surface area contributed by atoms with E-state index >= 15 is 0 Å². The molecule has 1 aliphatic carbocycles. The van der Waals surface area contributed by atoms with Gasteiger partial charge in [0, 0.05) is 6.04 Å². The van der Waals surface area contributed by atoms with Crippen molar-refractivity contribution in [2.75, 3.05) is 13.1 Å². The lowest BCUT2D eigenvalue weighted by molar-refractivity contribution is -0.139. The molecule has 1 fully saturated rings. The molecule has 0 heterocycles. The minimum absolute atomic E-state index is 0.193. The third kappa shape index (κ3) is 3.20. The van der Waals surface area contributed by atoms with Crippen LogP contribution in [0.5, 0.6) is 0 Å². The first-order valence-corrected chi connectivity index (χ1v) is 6.02. The molecule has 0 saturated heterocycles. The Kier molecular flexibility index (Phi) is 4.58. The fraction of sp³-hybridized carbons (Fsp3) is 0.917. The van der Waals surface area contributed by atoms with Gasteiger partial charge in [-0.3, -0.25) is 9.69 Å². The number of hydrogen-bond donors (Lipinski definition) is 1. The lowest BCUT2D eigenvalue weighted by Crippen LogP contribution is -2.46. The van der Waals surface area contributed by atoms with E-state index in [9.17, 15) is 4.79 Å². The minimum Gasteiger partial charge on any atom is -0.480 e. The molecule has 3 unspecified atom stereocenters. The molecule has 0 radical (unpaired) electrons. The Labute approximate surface area is 92.5 Å². The molecule has 1 rings (SSSR count).